The average molecular weight is 428 g/mol. The molecule has 10 heteroatoms. The van der Waals surface area contributed by atoms with E-state index >= 15 is 0 Å². The summed E-state index contributed by atoms with van der Waals surface area (Å²) >= 11 is 0. The Bertz CT molecular complexity index is 671. The zero-order valence-corrected chi connectivity index (χ0v) is 16.2. The topological polar surface area (TPSA) is 158 Å². The van der Waals surface area contributed by atoms with Gasteiger partial charge in [0.15, 0.2) is 12.6 Å². The molecule has 0 spiro atoms. The minimum absolute atomic E-state index is 0.0852. The van der Waals surface area contributed by atoms with Crippen molar-refractivity contribution in [1.29, 1.82) is 0 Å². The zero-order chi connectivity index (χ0) is 21.7. The number of hydrogen-bond donors (Lipinski definition) is 6. The van der Waals surface area contributed by atoms with Gasteiger partial charge in [0.2, 0.25) is 0 Å². The van der Waals surface area contributed by atoms with Crippen molar-refractivity contribution in [3.05, 3.63) is 42.0 Å². The molecule has 6 N–H and O–H groups in total. The highest BCUT2D eigenvalue weighted by molar-refractivity contribution is 5.48. The van der Waals surface area contributed by atoms with Gasteiger partial charge >= 0.3 is 0 Å². The van der Waals surface area contributed by atoms with E-state index in [2.05, 4.69) is 0 Å². The van der Waals surface area contributed by atoms with Crippen molar-refractivity contribution in [1.82, 2.24) is 0 Å². The van der Waals surface area contributed by atoms with Crippen molar-refractivity contribution in [3.63, 3.8) is 0 Å². The van der Waals surface area contributed by atoms with Crippen LogP contribution in [0.4, 0.5) is 0 Å². The molecule has 0 aliphatic carbocycles. The second-order valence-corrected chi connectivity index (χ2v) is 7.20. The van der Waals surface area contributed by atoms with Gasteiger partial charge in [0.05, 0.1) is 19.8 Å². The normalized spacial score (nSPS) is 39.6. The molecule has 10 nitrogen and oxygen atoms in total. The fourth-order valence-electron chi connectivity index (χ4n) is 3.28. The molecule has 0 aromatic heterocycles. The molecule has 0 saturated carbocycles. The van der Waals surface area contributed by atoms with Crippen molar-refractivity contribution >= 4 is 6.08 Å². The Morgan fingerprint density at radius 2 is 1.37 bits per heavy atom. The molecule has 3 rings (SSSR count). The Kier molecular flexibility index (Phi) is 8.31. The molecule has 0 bridgehead atoms. The summed E-state index contributed by atoms with van der Waals surface area (Å²) < 4.78 is 21.5. The van der Waals surface area contributed by atoms with Crippen molar-refractivity contribution in [2.75, 3.05) is 19.8 Å². The van der Waals surface area contributed by atoms with Gasteiger partial charge in [-0.3, -0.25) is 0 Å². The summed E-state index contributed by atoms with van der Waals surface area (Å²) in [6, 6.07) is 9.50. The van der Waals surface area contributed by atoms with Gasteiger partial charge in [-0.05, 0) is 5.56 Å². The quantitative estimate of drug-likeness (QED) is 0.273. The van der Waals surface area contributed by atoms with Crippen LogP contribution in [0.15, 0.2) is 36.4 Å². The molecule has 2 aliphatic rings. The van der Waals surface area contributed by atoms with E-state index in [0.29, 0.717) is 0 Å². The Morgan fingerprint density at radius 1 is 0.767 bits per heavy atom. The standard InChI is InChI=1S/C20H28O10/c21-9-12-14(22)17(25)20(29-12)28-10-13-15(23)16(24)18(26)19(30-13)27-8-4-7-11-5-2-1-3-6-11/h1-7,12-26H,8-10H2/b7-4+/t12-,13+,14-,15+,16-,17+,18+,19+,20+/m1/s1. The van der Waals surface area contributed by atoms with E-state index in [9.17, 15) is 25.5 Å². The molecule has 0 unspecified atom stereocenters. The van der Waals surface area contributed by atoms with Crippen LogP contribution < -0.4 is 0 Å². The minimum Gasteiger partial charge on any atom is -0.394 e. The molecule has 168 valence electrons. The molecule has 2 saturated heterocycles. The van der Waals surface area contributed by atoms with Crippen LogP contribution in [-0.2, 0) is 18.9 Å². The SMILES string of the molecule is OC[C@H]1O[C@H](OC[C@@H]2O[C@H](OC/C=C/c3ccccc3)[C@@H](O)[C@H](O)[C@H]2O)[C@@H](O)[C@@H]1O. The van der Waals surface area contributed by atoms with Crippen LogP contribution >= 0.6 is 0 Å². The second kappa shape index (κ2) is 10.7. The third kappa shape index (κ3) is 5.42. The van der Waals surface area contributed by atoms with E-state index in [1.54, 1.807) is 6.08 Å². The van der Waals surface area contributed by atoms with Gasteiger partial charge in [-0.25, -0.2) is 0 Å². The maximum absolute atomic E-state index is 10.2. The monoisotopic (exact) mass is 428 g/mol. The van der Waals surface area contributed by atoms with Gasteiger partial charge in [-0.15, -0.1) is 0 Å². The third-order valence-corrected chi connectivity index (χ3v) is 5.06. The van der Waals surface area contributed by atoms with Gasteiger partial charge in [-0.2, -0.15) is 0 Å². The van der Waals surface area contributed by atoms with Crippen molar-refractivity contribution < 1.29 is 49.6 Å². The smallest absolute Gasteiger partial charge is 0.187 e. The largest absolute Gasteiger partial charge is 0.394 e. The van der Waals surface area contributed by atoms with Crippen molar-refractivity contribution in [3.8, 4) is 0 Å². The summed E-state index contributed by atoms with van der Waals surface area (Å²) in [6.07, 6.45) is -8.23. The Hall–Kier alpha value is -1.44. The number of benzene rings is 1. The van der Waals surface area contributed by atoms with Crippen LogP contribution in [0, 0.1) is 0 Å². The summed E-state index contributed by atoms with van der Waals surface area (Å²) in [4.78, 5) is 0. The lowest BCUT2D eigenvalue weighted by Crippen LogP contribution is -2.59. The summed E-state index contributed by atoms with van der Waals surface area (Å²) in [5.41, 5.74) is 0.964. The lowest BCUT2D eigenvalue weighted by Gasteiger charge is -2.40. The van der Waals surface area contributed by atoms with E-state index < -0.39 is 61.9 Å². The first kappa shape index (κ1) is 23.2. The summed E-state index contributed by atoms with van der Waals surface area (Å²) in [7, 11) is 0. The maximum atomic E-state index is 10.2. The fourth-order valence-corrected chi connectivity index (χ4v) is 3.28. The van der Waals surface area contributed by atoms with E-state index in [4.69, 9.17) is 24.1 Å². The van der Waals surface area contributed by atoms with E-state index in [0.717, 1.165) is 5.56 Å². The van der Waals surface area contributed by atoms with E-state index in [1.807, 2.05) is 36.4 Å². The lowest BCUT2D eigenvalue weighted by atomic mass is 9.99. The highest BCUT2D eigenvalue weighted by Crippen LogP contribution is 2.26. The number of aliphatic hydroxyl groups excluding tert-OH is 6. The molecule has 30 heavy (non-hydrogen) atoms. The first-order chi connectivity index (χ1) is 14.4. The first-order valence-electron chi connectivity index (χ1n) is 9.69. The number of ether oxygens (including phenoxy) is 4. The summed E-state index contributed by atoms with van der Waals surface area (Å²) in [5.74, 6) is 0. The van der Waals surface area contributed by atoms with Crippen LogP contribution in [0.5, 0.6) is 0 Å². The van der Waals surface area contributed by atoms with Crippen LogP contribution in [0.1, 0.15) is 5.56 Å². The molecule has 9 atom stereocenters. The van der Waals surface area contributed by atoms with Gasteiger partial charge in [0.1, 0.15) is 42.7 Å². The van der Waals surface area contributed by atoms with Crippen LogP contribution in [0.25, 0.3) is 6.08 Å². The van der Waals surface area contributed by atoms with Crippen molar-refractivity contribution in [2.24, 2.45) is 0 Å². The average Bonchev–Trinajstić information content (AvgIpc) is 3.04. The summed E-state index contributed by atoms with van der Waals surface area (Å²) in [5, 5.41) is 59.1. The molecule has 2 heterocycles. The van der Waals surface area contributed by atoms with Crippen LogP contribution in [0.3, 0.4) is 0 Å². The van der Waals surface area contributed by atoms with Gasteiger partial charge < -0.3 is 49.6 Å². The van der Waals surface area contributed by atoms with Crippen LogP contribution in [-0.4, -0.2) is 106 Å². The fraction of sp³-hybridized carbons (Fsp3) is 0.600. The summed E-state index contributed by atoms with van der Waals surface area (Å²) in [6.45, 7) is -0.739. The number of hydrogen-bond acceptors (Lipinski definition) is 10. The van der Waals surface area contributed by atoms with Crippen molar-refractivity contribution in [2.45, 2.75) is 55.3 Å². The molecular weight excluding hydrogens is 400 g/mol. The lowest BCUT2D eigenvalue weighted by molar-refractivity contribution is -0.307. The molecule has 1 aromatic rings. The molecule has 2 aliphatic heterocycles. The number of rotatable bonds is 8. The van der Waals surface area contributed by atoms with E-state index in [1.165, 1.54) is 0 Å². The number of aliphatic hydroxyl groups is 6. The third-order valence-electron chi connectivity index (χ3n) is 5.06. The maximum Gasteiger partial charge on any atom is 0.187 e. The minimum atomic E-state index is -1.54. The molecule has 0 radical (unpaired) electrons. The zero-order valence-electron chi connectivity index (χ0n) is 16.2. The Balaban J connectivity index is 1.52. The van der Waals surface area contributed by atoms with E-state index in [-0.39, 0.29) is 13.2 Å². The molecule has 1 aromatic carbocycles. The predicted octanol–water partition coefficient (Wildman–Crippen LogP) is -2.02. The Labute approximate surface area is 173 Å². The Morgan fingerprint density at radius 3 is 2.03 bits per heavy atom. The predicted molar refractivity (Wildman–Crippen MR) is 102 cm³/mol. The second-order valence-electron chi connectivity index (χ2n) is 7.20. The molecular formula is C20H28O10. The van der Waals surface area contributed by atoms with Gasteiger partial charge in [0.25, 0.3) is 0 Å². The van der Waals surface area contributed by atoms with Gasteiger partial charge in [-0.1, -0.05) is 42.5 Å². The first-order valence-corrected chi connectivity index (χ1v) is 9.69. The van der Waals surface area contributed by atoms with Gasteiger partial charge in [0, 0.05) is 0 Å². The highest BCUT2D eigenvalue weighted by atomic mass is 16.7. The highest BCUT2D eigenvalue weighted by Gasteiger charge is 2.47. The molecule has 2 fully saturated rings. The van der Waals surface area contributed by atoms with Crippen LogP contribution in [0.2, 0.25) is 0 Å². The molecule has 0 amide bonds.